The molecule has 4 heteroatoms. The van der Waals surface area contributed by atoms with E-state index in [2.05, 4.69) is 114 Å². The highest BCUT2D eigenvalue weighted by atomic mass is 16.5. The minimum Gasteiger partial charge on any atom is -0.465 e. The molecule has 1 aliphatic carbocycles. The second kappa shape index (κ2) is 11.3. The van der Waals surface area contributed by atoms with Gasteiger partial charge in [0.2, 0.25) is 0 Å². The molecule has 7 rings (SSSR count). The van der Waals surface area contributed by atoms with Crippen molar-refractivity contribution in [3.8, 4) is 17.1 Å². The number of hydrogen-bond donors (Lipinski definition) is 0. The lowest BCUT2D eigenvalue weighted by Crippen LogP contribution is -2.29. The van der Waals surface area contributed by atoms with Crippen LogP contribution in [-0.2, 0) is 0 Å². The quantitative estimate of drug-likeness (QED) is 0.256. The number of allylic oxidation sites excluding steroid dienone is 7. The lowest BCUT2D eigenvalue weighted by atomic mass is 9.86. The lowest BCUT2D eigenvalue weighted by molar-refractivity contribution is 0.477. The molecule has 4 aromatic rings. The van der Waals surface area contributed by atoms with Gasteiger partial charge in [0.1, 0.15) is 5.75 Å². The molecule has 3 aliphatic rings. The van der Waals surface area contributed by atoms with Crippen LogP contribution in [0.3, 0.4) is 0 Å². The molecule has 0 radical (unpaired) electrons. The van der Waals surface area contributed by atoms with E-state index in [0.717, 1.165) is 41.2 Å². The molecule has 2 aromatic heterocycles. The minimum atomic E-state index is 0.171. The van der Waals surface area contributed by atoms with Crippen LogP contribution in [0.2, 0.25) is 0 Å². The normalized spacial score (nSPS) is 21.4. The molecule has 2 aromatic carbocycles. The Morgan fingerprint density at radius 1 is 0.905 bits per heavy atom. The van der Waals surface area contributed by atoms with E-state index >= 15 is 0 Å². The number of pyridine rings is 2. The maximum atomic E-state index is 5.99. The topological polar surface area (TPSA) is 38.2 Å². The fourth-order valence-electron chi connectivity index (χ4n) is 6.01. The average Bonchev–Trinajstić information content (AvgIpc) is 3.38. The lowest BCUT2D eigenvalue weighted by Gasteiger charge is -2.29. The molecule has 42 heavy (non-hydrogen) atoms. The van der Waals surface area contributed by atoms with Crippen LogP contribution < -0.4 is 9.64 Å². The fraction of sp³-hybridized carbons (Fsp3) is 0.105. The summed E-state index contributed by atoms with van der Waals surface area (Å²) in [4.78, 5) is 11.6. The van der Waals surface area contributed by atoms with E-state index in [1.54, 1.807) is 12.5 Å². The van der Waals surface area contributed by atoms with Gasteiger partial charge in [-0.05, 0) is 83.7 Å². The zero-order valence-corrected chi connectivity index (χ0v) is 23.3. The van der Waals surface area contributed by atoms with Crippen molar-refractivity contribution in [2.45, 2.75) is 24.8 Å². The molecule has 0 saturated carbocycles. The van der Waals surface area contributed by atoms with Crippen molar-refractivity contribution in [2.24, 2.45) is 0 Å². The molecule has 0 amide bonds. The number of ether oxygens (including phenoxy) is 1. The van der Waals surface area contributed by atoms with Crippen LogP contribution in [0.4, 0.5) is 11.4 Å². The first-order chi connectivity index (χ1) is 20.8. The van der Waals surface area contributed by atoms with Gasteiger partial charge in [0.15, 0.2) is 0 Å². The Morgan fingerprint density at radius 2 is 1.81 bits per heavy atom. The highest BCUT2D eigenvalue weighted by Gasteiger charge is 2.38. The summed E-state index contributed by atoms with van der Waals surface area (Å²) in [6, 6.07) is 25.4. The molecule has 0 bridgehead atoms. The molecule has 0 fully saturated rings. The van der Waals surface area contributed by atoms with Crippen LogP contribution in [0.1, 0.15) is 35.4 Å². The smallest absolute Gasteiger partial charge is 0.133 e. The van der Waals surface area contributed by atoms with Gasteiger partial charge < -0.3 is 9.64 Å². The van der Waals surface area contributed by atoms with Gasteiger partial charge in [-0.1, -0.05) is 79.4 Å². The van der Waals surface area contributed by atoms with Crippen molar-refractivity contribution in [3.63, 3.8) is 0 Å². The van der Waals surface area contributed by atoms with E-state index < -0.39 is 0 Å². The summed E-state index contributed by atoms with van der Waals surface area (Å²) >= 11 is 0. The van der Waals surface area contributed by atoms with Crippen LogP contribution in [0.5, 0.6) is 5.75 Å². The summed E-state index contributed by atoms with van der Waals surface area (Å²) in [5.74, 6) is 1.07. The van der Waals surface area contributed by atoms with Gasteiger partial charge in [-0.3, -0.25) is 9.97 Å². The molecule has 0 spiro atoms. The van der Waals surface area contributed by atoms with Gasteiger partial charge in [-0.15, -0.1) is 0 Å². The van der Waals surface area contributed by atoms with Gasteiger partial charge in [-0.2, -0.15) is 0 Å². The summed E-state index contributed by atoms with van der Waals surface area (Å²) in [7, 11) is 0. The van der Waals surface area contributed by atoms with E-state index in [1.165, 1.54) is 28.0 Å². The second-order valence-electron chi connectivity index (χ2n) is 10.6. The van der Waals surface area contributed by atoms with Crippen molar-refractivity contribution in [1.29, 1.82) is 0 Å². The van der Waals surface area contributed by atoms with Gasteiger partial charge in [0, 0.05) is 23.4 Å². The average molecular weight is 546 g/mol. The standard InChI is InChI=1S/C38H31N3O/c1-2-9-27-10-6-8-23-42-38-21-17-28(24-30(38)15-14-27)29-16-20-37-33(25-29)32-11-3-4-13-36(32)41(37)31-18-19-35(40-26-31)34-12-5-7-22-39-34/h2-5,7-9,11-26,33,37H,1,6,10H2/b15-14+,23-8+,27-9-. The molecular formula is C38H31N3O. The van der Waals surface area contributed by atoms with Crippen LogP contribution in [0, 0.1) is 0 Å². The molecule has 2 unspecified atom stereocenters. The Labute approximate surface area is 247 Å². The Morgan fingerprint density at radius 3 is 2.67 bits per heavy atom. The van der Waals surface area contributed by atoms with Crippen LogP contribution in [0.25, 0.3) is 23.0 Å². The summed E-state index contributed by atoms with van der Waals surface area (Å²) in [5.41, 5.74) is 10.0. The molecule has 4 nitrogen and oxygen atoms in total. The third kappa shape index (κ3) is 4.92. The second-order valence-corrected chi connectivity index (χ2v) is 10.6. The number of anilines is 2. The molecule has 2 aliphatic heterocycles. The summed E-state index contributed by atoms with van der Waals surface area (Å²) < 4.78 is 5.99. The zero-order valence-electron chi connectivity index (χ0n) is 23.3. The number of fused-ring (bicyclic) bond motifs is 4. The van der Waals surface area contributed by atoms with Crippen molar-refractivity contribution in [3.05, 3.63) is 163 Å². The number of para-hydroxylation sites is 1. The third-order valence-electron chi connectivity index (χ3n) is 8.05. The Kier molecular flexibility index (Phi) is 6.95. The zero-order chi connectivity index (χ0) is 28.3. The maximum absolute atomic E-state index is 5.99. The third-order valence-corrected chi connectivity index (χ3v) is 8.05. The highest BCUT2D eigenvalue weighted by molar-refractivity contribution is 5.83. The monoisotopic (exact) mass is 545 g/mol. The van der Waals surface area contributed by atoms with Crippen LogP contribution in [-0.4, -0.2) is 16.0 Å². The van der Waals surface area contributed by atoms with E-state index in [4.69, 9.17) is 9.72 Å². The molecule has 0 N–H and O–H groups in total. The first-order valence-corrected chi connectivity index (χ1v) is 14.4. The number of rotatable bonds is 4. The summed E-state index contributed by atoms with van der Waals surface area (Å²) in [6.07, 6.45) is 24.8. The summed E-state index contributed by atoms with van der Waals surface area (Å²) in [5, 5.41) is 0. The van der Waals surface area contributed by atoms with E-state index in [-0.39, 0.29) is 12.0 Å². The van der Waals surface area contributed by atoms with Crippen molar-refractivity contribution < 1.29 is 4.74 Å². The first-order valence-electron chi connectivity index (χ1n) is 14.4. The fourth-order valence-corrected chi connectivity index (χ4v) is 6.01. The predicted octanol–water partition coefficient (Wildman–Crippen LogP) is 9.21. The molecule has 2 atom stereocenters. The van der Waals surface area contributed by atoms with Gasteiger partial charge in [-0.25, -0.2) is 0 Å². The van der Waals surface area contributed by atoms with E-state index in [1.807, 2.05) is 30.5 Å². The van der Waals surface area contributed by atoms with Gasteiger partial charge in [0.25, 0.3) is 0 Å². The predicted molar refractivity (Wildman–Crippen MR) is 172 cm³/mol. The van der Waals surface area contributed by atoms with Crippen molar-refractivity contribution in [2.75, 3.05) is 4.90 Å². The van der Waals surface area contributed by atoms with E-state index in [9.17, 15) is 0 Å². The van der Waals surface area contributed by atoms with Crippen molar-refractivity contribution in [1.82, 2.24) is 9.97 Å². The first kappa shape index (κ1) is 25.7. The van der Waals surface area contributed by atoms with Gasteiger partial charge >= 0.3 is 0 Å². The largest absolute Gasteiger partial charge is 0.465 e. The molecule has 0 saturated heterocycles. The Bertz CT molecular complexity index is 1780. The van der Waals surface area contributed by atoms with Crippen LogP contribution in [0.15, 0.2) is 146 Å². The van der Waals surface area contributed by atoms with Gasteiger partial charge in [0.05, 0.1) is 35.6 Å². The Hall–Kier alpha value is -5.22. The molecule has 4 heterocycles. The SMILES string of the molecule is C=C/C=C1\C=C\c2cc(C3=CC4c5ccccc5N(c5ccc(-c6ccccn6)nc5)C4C=C3)ccc2O/C=C/CC1. The van der Waals surface area contributed by atoms with Crippen molar-refractivity contribution >= 4 is 23.0 Å². The number of aromatic nitrogens is 2. The van der Waals surface area contributed by atoms with E-state index in [0.29, 0.717) is 0 Å². The number of nitrogens with zero attached hydrogens (tertiary/aromatic N) is 3. The molecule has 204 valence electrons. The maximum Gasteiger partial charge on any atom is 0.133 e. The number of benzene rings is 2. The highest BCUT2D eigenvalue weighted by Crippen LogP contribution is 2.49. The Balaban J connectivity index is 1.22. The number of hydrogen-bond acceptors (Lipinski definition) is 4. The van der Waals surface area contributed by atoms with Crippen LogP contribution >= 0.6 is 0 Å². The molecular weight excluding hydrogens is 514 g/mol. The minimum absolute atomic E-state index is 0.171. The summed E-state index contributed by atoms with van der Waals surface area (Å²) in [6.45, 7) is 3.88.